The van der Waals surface area contributed by atoms with Gasteiger partial charge in [0.2, 0.25) is 5.91 Å². The van der Waals surface area contributed by atoms with E-state index in [-0.39, 0.29) is 11.8 Å². The first-order chi connectivity index (χ1) is 11.6. The van der Waals surface area contributed by atoms with E-state index in [0.717, 1.165) is 32.4 Å². The third-order valence-corrected chi connectivity index (χ3v) is 4.68. The molecule has 1 saturated heterocycles. The van der Waals surface area contributed by atoms with Crippen molar-refractivity contribution in [2.24, 2.45) is 5.92 Å². The van der Waals surface area contributed by atoms with Gasteiger partial charge in [-0.25, -0.2) is 0 Å². The summed E-state index contributed by atoms with van der Waals surface area (Å²) in [5, 5.41) is 6.27. The molecule has 1 heterocycles. The van der Waals surface area contributed by atoms with Crippen molar-refractivity contribution < 1.29 is 9.59 Å². The van der Waals surface area contributed by atoms with Gasteiger partial charge >= 0.3 is 0 Å². The summed E-state index contributed by atoms with van der Waals surface area (Å²) in [6, 6.07) is 7.22. The van der Waals surface area contributed by atoms with Gasteiger partial charge in [-0.3, -0.25) is 9.59 Å². The van der Waals surface area contributed by atoms with Crippen molar-refractivity contribution >= 4 is 17.5 Å². The molecule has 1 aliphatic heterocycles. The third kappa shape index (κ3) is 5.34. The molecule has 0 atom stereocenters. The summed E-state index contributed by atoms with van der Waals surface area (Å²) >= 11 is 0. The zero-order valence-corrected chi connectivity index (χ0v) is 14.8. The van der Waals surface area contributed by atoms with Gasteiger partial charge in [0.05, 0.1) is 0 Å². The van der Waals surface area contributed by atoms with Crippen molar-refractivity contribution in [1.82, 2.24) is 10.2 Å². The number of piperidine rings is 1. The van der Waals surface area contributed by atoms with Gasteiger partial charge < -0.3 is 15.5 Å². The number of benzene rings is 1. The lowest BCUT2D eigenvalue weighted by atomic mass is 9.93. The molecule has 0 aliphatic carbocycles. The average molecular weight is 331 g/mol. The average Bonchev–Trinajstić information content (AvgIpc) is 2.62. The van der Waals surface area contributed by atoms with Gasteiger partial charge in [0, 0.05) is 30.8 Å². The fraction of sp³-hybridized carbons (Fsp3) is 0.579. The Morgan fingerprint density at radius 3 is 2.58 bits per heavy atom. The predicted octanol–water partition coefficient (Wildman–Crippen LogP) is 2.89. The molecule has 1 aromatic rings. The molecule has 132 valence electrons. The summed E-state index contributed by atoms with van der Waals surface area (Å²) in [6.45, 7) is 7.41. The third-order valence-electron chi connectivity index (χ3n) is 4.68. The maximum Gasteiger partial charge on any atom is 0.253 e. The van der Waals surface area contributed by atoms with Crippen LogP contribution < -0.4 is 10.6 Å². The van der Waals surface area contributed by atoms with E-state index >= 15 is 0 Å². The fourth-order valence-electron chi connectivity index (χ4n) is 3.15. The Kier molecular flexibility index (Phi) is 7.25. The van der Waals surface area contributed by atoms with Crippen LogP contribution in [0.5, 0.6) is 0 Å². The highest BCUT2D eigenvalue weighted by Gasteiger charge is 2.16. The van der Waals surface area contributed by atoms with Crippen LogP contribution in [0.15, 0.2) is 24.3 Å². The summed E-state index contributed by atoms with van der Waals surface area (Å²) in [6.07, 6.45) is 3.78. The number of hydrogen-bond acceptors (Lipinski definition) is 3. The number of hydrogen-bond donors (Lipinski definition) is 2. The van der Waals surface area contributed by atoms with E-state index in [1.807, 2.05) is 26.0 Å². The molecule has 24 heavy (non-hydrogen) atoms. The van der Waals surface area contributed by atoms with Crippen molar-refractivity contribution in [3.8, 4) is 0 Å². The molecule has 0 spiro atoms. The number of carbonyl (C=O) groups excluding carboxylic acids is 2. The lowest BCUT2D eigenvalue weighted by Crippen LogP contribution is -2.30. The van der Waals surface area contributed by atoms with E-state index in [0.29, 0.717) is 36.7 Å². The number of carbonyl (C=O) groups is 2. The topological polar surface area (TPSA) is 61.4 Å². The molecule has 0 bridgehead atoms. The number of anilines is 1. The standard InChI is InChI=1S/C19H29N3O2/c1-3-22(4-2)19(24)16-6-5-7-17(14-16)21-18(23)9-8-15-10-12-20-13-11-15/h5-7,14-15,20H,3-4,8-13H2,1-2H3,(H,21,23). The quantitative estimate of drug-likeness (QED) is 0.807. The molecule has 2 rings (SSSR count). The van der Waals surface area contributed by atoms with Gasteiger partial charge in [0.1, 0.15) is 0 Å². The van der Waals surface area contributed by atoms with Gasteiger partial charge in [-0.15, -0.1) is 0 Å². The molecular formula is C19H29N3O2. The highest BCUT2D eigenvalue weighted by molar-refractivity contribution is 5.97. The molecule has 0 unspecified atom stereocenters. The van der Waals surface area contributed by atoms with E-state index in [2.05, 4.69) is 10.6 Å². The lowest BCUT2D eigenvalue weighted by Gasteiger charge is -2.22. The lowest BCUT2D eigenvalue weighted by molar-refractivity contribution is -0.116. The number of nitrogens with one attached hydrogen (secondary N) is 2. The summed E-state index contributed by atoms with van der Waals surface area (Å²) in [5.41, 5.74) is 1.32. The van der Waals surface area contributed by atoms with Crippen LogP contribution in [0.1, 0.15) is 49.9 Å². The summed E-state index contributed by atoms with van der Waals surface area (Å²) in [5.74, 6) is 0.680. The molecule has 1 fully saturated rings. The van der Waals surface area contributed by atoms with Gasteiger partial charge in [-0.2, -0.15) is 0 Å². The largest absolute Gasteiger partial charge is 0.339 e. The van der Waals surface area contributed by atoms with Crippen molar-refractivity contribution in [1.29, 1.82) is 0 Å². The summed E-state index contributed by atoms with van der Waals surface area (Å²) < 4.78 is 0. The Morgan fingerprint density at radius 1 is 1.21 bits per heavy atom. The second-order valence-corrected chi connectivity index (χ2v) is 6.34. The summed E-state index contributed by atoms with van der Waals surface area (Å²) in [7, 11) is 0. The molecule has 0 aromatic heterocycles. The number of rotatable bonds is 7. The normalized spacial score (nSPS) is 15.1. The molecular weight excluding hydrogens is 302 g/mol. The smallest absolute Gasteiger partial charge is 0.253 e. The second kappa shape index (κ2) is 9.42. The van der Waals surface area contributed by atoms with Crippen molar-refractivity contribution in [3.63, 3.8) is 0 Å². The minimum Gasteiger partial charge on any atom is -0.339 e. The second-order valence-electron chi connectivity index (χ2n) is 6.34. The van der Waals surface area contributed by atoms with Gasteiger partial charge in [-0.1, -0.05) is 6.07 Å². The van der Waals surface area contributed by atoms with Crippen LogP contribution in [0.25, 0.3) is 0 Å². The van der Waals surface area contributed by atoms with Gasteiger partial charge in [0.25, 0.3) is 5.91 Å². The van der Waals surface area contributed by atoms with E-state index in [9.17, 15) is 9.59 Å². The predicted molar refractivity (Wildman–Crippen MR) is 97.2 cm³/mol. The minimum absolute atomic E-state index is 0.00537. The summed E-state index contributed by atoms with van der Waals surface area (Å²) in [4.78, 5) is 26.3. The van der Waals surface area contributed by atoms with Crippen LogP contribution in [0, 0.1) is 5.92 Å². The molecule has 2 amide bonds. The van der Waals surface area contributed by atoms with Crippen LogP contribution in [0.3, 0.4) is 0 Å². The molecule has 0 saturated carbocycles. The Morgan fingerprint density at radius 2 is 1.92 bits per heavy atom. The molecule has 5 nitrogen and oxygen atoms in total. The molecule has 1 aliphatic rings. The first-order valence-electron chi connectivity index (χ1n) is 9.04. The van der Waals surface area contributed by atoms with Gasteiger partial charge in [0.15, 0.2) is 0 Å². The van der Waals surface area contributed by atoms with E-state index in [4.69, 9.17) is 0 Å². The molecule has 5 heteroatoms. The highest BCUT2D eigenvalue weighted by atomic mass is 16.2. The molecule has 2 N–H and O–H groups in total. The zero-order chi connectivity index (χ0) is 17.4. The highest BCUT2D eigenvalue weighted by Crippen LogP contribution is 2.19. The Labute approximate surface area is 144 Å². The number of nitrogens with zero attached hydrogens (tertiary/aromatic N) is 1. The van der Waals surface area contributed by atoms with E-state index in [1.165, 1.54) is 0 Å². The van der Waals surface area contributed by atoms with Crippen LogP contribution in [0.4, 0.5) is 5.69 Å². The maximum absolute atomic E-state index is 12.4. The van der Waals surface area contributed by atoms with Crippen LogP contribution in [-0.4, -0.2) is 42.9 Å². The van der Waals surface area contributed by atoms with Crippen LogP contribution >= 0.6 is 0 Å². The van der Waals surface area contributed by atoms with Crippen LogP contribution in [0.2, 0.25) is 0 Å². The monoisotopic (exact) mass is 331 g/mol. The SMILES string of the molecule is CCN(CC)C(=O)c1cccc(NC(=O)CCC2CCNCC2)c1. The van der Waals surface area contributed by atoms with Gasteiger partial charge in [-0.05, 0) is 70.3 Å². The van der Waals surface area contributed by atoms with Crippen LogP contribution in [-0.2, 0) is 4.79 Å². The maximum atomic E-state index is 12.4. The number of amides is 2. The molecule has 0 radical (unpaired) electrons. The Bertz CT molecular complexity index is 549. The first kappa shape index (κ1) is 18.5. The van der Waals surface area contributed by atoms with Crippen molar-refractivity contribution in [2.45, 2.75) is 39.5 Å². The minimum atomic E-state index is 0.00537. The molecule has 1 aromatic carbocycles. The first-order valence-corrected chi connectivity index (χ1v) is 9.04. The van der Waals surface area contributed by atoms with Crippen molar-refractivity contribution in [3.05, 3.63) is 29.8 Å². The van der Waals surface area contributed by atoms with E-state index < -0.39 is 0 Å². The zero-order valence-electron chi connectivity index (χ0n) is 14.8. The van der Waals surface area contributed by atoms with E-state index in [1.54, 1.807) is 17.0 Å². The van der Waals surface area contributed by atoms with Crippen molar-refractivity contribution in [2.75, 3.05) is 31.5 Å². The Balaban J connectivity index is 1.88. The Hall–Kier alpha value is -1.88. The fourth-order valence-corrected chi connectivity index (χ4v) is 3.15.